The van der Waals surface area contributed by atoms with E-state index in [-0.39, 0.29) is 0 Å². The van der Waals surface area contributed by atoms with E-state index in [0.29, 0.717) is 0 Å². The van der Waals surface area contributed by atoms with Crippen LogP contribution < -0.4 is 9.64 Å². The average molecular weight is 1010 g/mol. The fourth-order valence-electron chi connectivity index (χ4n) is 14.7. The molecule has 78 heavy (non-hydrogen) atoms. The molecule has 3 aliphatic carbocycles. The van der Waals surface area contributed by atoms with Crippen LogP contribution in [0.5, 0.6) is 11.5 Å². The Bertz CT molecular complexity index is 4490. The van der Waals surface area contributed by atoms with Gasteiger partial charge in [-0.05, 0) is 141 Å². The lowest BCUT2D eigenvalue weighted by Gasteiger charge is -2.41. The number of hydrogen-bond donors (Lipinski definition) is 0. The van der Waals surface area contributed by atoms with Crippen molar-refractivity contribution < 1.29 is 4.74 Å². The number of allylic oxidation sites excluding steroid dienone is 4. The Morgan fingerprint density at radius 1 is 0.423 bits per heavy atom. The minimum atomic E-state index is -0.546. The van der Waals surface area contributed by atoms with Crippen LogP contribution in [0.4, 0.5) is 17.1 Å². The number of ether oxygens (including phenoxy) is 1. The number of benzene rings is 11. The normalized spacial score (nSPS) is 15.2. The van der Waals surface area contributed by atoms with Gasteiger partial charge in [-0.1, -0.05) is 206 Å². The van der Waals surface area contributed by atoms with Crippen LogP contribution in [-0.2, 0) is 10.8 Å². The lowest BCUT2D eigenvalue weighted by Crippen LogP contribution is -2.33. The second-order valence-corrected chi connectivity index (χ2v) is 22.4. The van der Waals surface area contributed by atoms with E-state index in [9.17, 15) is 0 Å². The molecular weight excluding hydrogens is 965 g/mol. The summed E-state index contributed by atoms with van der Waals surface area (Å²) in [5.41, 5.74) is 23.7. The van der Waals surface area contributed by atoms with E-state index in [0.717, 1.165) is 52.7 Å². The highest BCUT2D eigenvalue weighted by Crippen LogP contribution is 2.67. The number of nitrogens with zero attached hydrogens (tertiary/aromatic N) is 2. The van der Waals surface area contributed by atoms with E-state index in [1.54, 1.807) is 0 Å². The molecule has 0 saturated carbocycles. The molecule has 12 aromatic rings. The molecule has 0 saturated heterocycles. The number of hydrogen-bond acceptors (Lipinski definition) is 3. The van der Waals surface area contributed by atoms with Gasteiger partial charge >= 0.3 is 0 Å². The molecule has 0 bridgehead atoms. The first kappa shape index (κ1) is 43.8. The number of para-hydroxylation sites is 4. The van der Waals surface area contributed by atoms with Crippen LogP contribution in [-0.4, -0.2) is 4.57 Å². The summed E-state index contributed by atoms with van der Waals surface area (Å²) in [6.07, 6.45) is 6.73. The summed E-state index contributed by atoms with van der Waals surface area (Å²) in [6.45, 7) is 0. The summed E-state index contributed by atoms with van der Waals surface area (Å²) in [5.74, 6) is 1.83. The lowest BCUT2D eigenvalue weighted by molar-refractivity contribution is 0.432. The smallest absolute Gasteiger partial charge is 0.132 e. The first-order valence-electron chi connectivity index (χ1n) is 27.2. The van der Waals surface area contributed by atoms with Crippen molar-refractivity contribution in [3.63, 3.8) is 0 Å². The maximum Gasteiger partial charge on any atom is 0.132 e. The molecule has 0 N–H and O–H groups in total. The molecule has 1 aromatic heterocycles. The predicted octanol–water partition coefficient (Wildman–Crippen LogP) is 19.3. The molecule has 5 aliphatic rings. The van der Waals surface area contributed by atoms with Gasteiger partial charge in [0.05, 0.1) is 33.2 Å². The van der Waals surface area contributed by atoms with E-state index in [2.05, 4.69) is 276 Å². The summed E-state index contributed by atoms with van der Waals surface area (Å²) >= 11 is 1.89. The van der Waals surface area contributed by atoms with E-state index < -0.39 is 10.8 Å². The van der Waals surface area contributed by atoms with Gasteiger partial charge in [0.1, 0.15) is 11.5 Å². The van der Waals surface area contributed by atoms with Crippen molar-refractivity contribution in [3.8, 4) is 39.4 Å². The van der Waals surface area contributed by atoms with Crippen LogP contribution in [0.25, 0.3) is 55.3 Å². The van der Waals surface area contributed by atoms with Crippen molar-refractivity contribution in [2.75, 3.05) is 4.90 Å². The zero-order valence-electron chi connectivity index (χ0n) is 42.5. The summed E-state index contributed by atoms with van der Waals surface area (Å²) in [7, 11) is 0. The van der Waals surface area contributed by atoms with Gasteiger partial charge < -0.3 is 14.2 Å². The predicted molar refractivity (Wildman–Crippen MR) is 320 cm³/mol. The minimum absolute atomic E-state index is 0.531. The molecule has 3 heterocycles. The van der Waals surface area contributed by atoms with Crippen molar-refractivity contribution in [1.82, 2.24) is 4.57 Å². The third-order valence-electron chi connectivity index (χ3n) is 17.6. The molecule has 0 fully saturated rings. The summed E-state index contributed by atoms with van der Waals surface area (Å²) in [4.78, 5) is 5.20. The number of rotatable bonds is 5. The van der Waals surface area contributed by atoms with Gasteiger partial charge in [-0.2, -0.15) is 0 Å². The van der Waals surface area contributed by atoms with Gasteiger partial charge in [0.2, 0.25) is 0 Å². The molecule has 17 rings (SSSR count). The second-order valence-electron chi connectivity index (χ2n) is 21.3. The minimum Gasteiger partial charge on any atom is -0.457 e. The molecular formula is C74H48N2OS. The van der Waals surface area contributed by atoms with Crippen molar-refractivity contribution in [2.45, 2.75) is 33.5 Å². The van der Waals surface area contributed by atoms with Gasteiger partial charge in [-0.25, -0.2) is 0 Å². The third-order valence-corrected chi connectivity index (χ3v) is 18.8. The fraction of sp³-hybridized carbons (Fsp3) is 0.0541. The number of fused-ring (bicyclic) bond motifs is 20. The van der Waals surface area contributed by atoms with Gasteiger partial charge in [-0.15, -0.1) is 0 Å². The highest BCUT2D eigenvalue weighted by Gasteiger charge is 2.54. The Labute approximate surface area is 457 Å². The topological polar surface area (TPSA) is 17.4 Å². The van der Waals surface area contributed by atoms with Crippen LogP contribution in [0.15, 0.2) is 282 Å². The van der Waals surface area contributed by atoms with E-state index in [1.807, 2.05) is 11.8 Å². The first-order valence-corrected chi connectivity index (χ1v) is 28.0. The zero-order chi connectivity index (χ0) is 51.1. The van der Waals surface area contributed by atoms with Crippen molar-refractivity contribution in [3.05, 3.63) is 317 Å². The maximum atomic E-state index is 6.83. The molecule has 0 atom stereocenters. The molecule has 4 heteroatoms. The molecule has 0 radical (unpaired) electrons. The van der Waals surface area contributed by atoms with Crippen LogP contribution in [0.2, 0.25) is 0 Å². The Morgan fingerprint density at radius 2 is 0.987 bits per heavy atom. The van der Waals surface area contributed by atoms with E-state index in [1.165, 1.54) is 104 Å². The van der Waals surface area contributed by atoms with Gasteiger partial charge in [0, 0.05) is 54.2 Å². The fourth-order valence-corrected chi connectivity index (χ4v) is 15.9. The Hall–Kier alpha value is -9.35. The number of aromatic nitrogens is 1. The Morgan fingerprint density at radius 3 is 1.72 bits per heavy atom. The maximum absolute atomic E-state index is 6.83. The Balaban J connectivity index is 0.931. The first-order chi connectivity index (χ1) is 38.7. The zero-order valence-corrected chi connectivity index (χ0v) is 43.3. The van der Waals surface area contributed by atoms with Crippen molar-refractivity contribution in [1.29, 1.82) is 0 Å². The number of anilines is 3. The van der Waals surface area contributed by atoms with Crippen LogP contribution in [0, 0.1) is 0 Å². The highest BCUT2D eigenvalue weighted by molar-refractivity contribution is 7.99. The lowest BCUT2D eigenvalue weighted by atomic mass is 9.64. The average Bonchev–Trinajstić information content (AvgIpc) is 4.03. The summed E-state index contributed by atoms with van der Waals surface area (Å²) in [6, 6.07) is 95.1. The molecule has 0 amide bonds. The van der Waals surface area contributed by atoms with Crippen molar-refractivity contribution in [2.24, 2.45) is 0 Å². The molecule has 11 aromatic carbocycles. The summed E-state index contributed by atoms with van der Waals surface area (Å²) < 4.78 is 9.24. The second kappa shape index (κ2) is 16.6. The van der Waals surface area contributed by atoms with Crippen molar-refractivity contribution >= 4 is 56.2 Å². The molecule has 2 aliphatic heterocycles. The van der Waals surface area contributed by atoms with Gasteiger partial charge in [0.15, 0.2) is 0 Å². The van der Waals surface area contributed by atoms with E-state index in [4.69, 9.17) is 4.74 Å². The van der Waals surface area contributed by atoms with Crippen LogP contribution >= 0.6 is 11.8 Å². The highest BCUT2D eigenvalue weighted by atomic mass is 32.2. The molecule has 366 valence electrons. The molecule has 0 unspecified atom stereocenters. The third kappa shape index (κ3) is 5.79. The molecule has 2 spiro atoms. The van der Waals surface area contributed by atoms with Gasteiger partial charge in [0.25, 0.3) is 0 Å². The largest absolute Gasteiger partial charge is 0.457 e. The monoisotopic (exact) mass is 1010 g/mol. The van der Waals surface area contributed by atoms with Crippen LogP contribution in [0.1, 0.15) is 57.3 Å². The molecule has 3 nitrogen and oxygen atoms in total. The van der Waals surface area contributed by atoms with E-state index >= 15 is 0 Å². The standard InChI is InChI=1S/C74H48N2OS/c1-2-20-49(21-3-1)75-63-33-13-6-22-51(63)52-45-42-48(46-66(52)75)47-40-43-50(44-41-47)76(64-34-18-31-61-71(64)53-23-4-7-25-55(53)73(61)57-27-9-14-36-67(57)77-68-37-15-10-28-58(68)73)65-35-19-32-62-72(65)54-24-5-8-26-56(54)74(62)59-29-11-16-38-69(59)78-70-39-17-12-30-60(70)74/h1-6,8-24,26-46H,7,25H2. The summed E-state index contributed by atoms with van der Waals surface area (Å²) in [5, 5.41) is 2.50. The SMILES string of the molecule is C1=CC2=C(CC1)C1(c3ccccc3Oc3ccccc31)c1cccc(N(c3ccc(-c4ccc5c6ccccc6n(-c6ccccc6)c5c4)cc3)c3cccc4c3-c3ccccc3C43c4ccccc4Sc4ccccc43)c12. The Kier molecular flexibility index (Phi) is 9.32. The quantitative estimate of drug-likeness (QED) is 0.171. The van der Waals surface area contributed by atoms with Gasteiger partial charge in [-0.3, -0.25) is 0 Å². The van der Waals surface area contributed by atoms with Crippen LogP contribution in [0.3, 0.4) is 0 Å².